The Labute approximate surface area is 146 Å². The molecule has 0 aliphatic heterocycles. The zero-order valence-electron chi connectivity index (χ0n) is 14.7. The third-order valence-electron chi connectivity index (χ3n) is 3.88. The van der Waals surface area contributed by atoms with Gasteiger partial charge in [-0.2, -0.15) is 4.98 Å². The van der Waals surface area contributed by atoms with Crippen LogP contribution >= 0.6 is 0 Å². The quantitative estimate of drug-likeness (QED) is 0.528. The molecular formula is C17H24N4O4. The summed E-state index contributed by atoms with van der Waals surface area (Å²) in [6.45, 7) is 6.49. The van der Waals surface area contributed by atoms with E-state index in [4.69, 9.17) is 4.52 Å². The molecule has 0 aliphatic carbocycles. The maximum atomic E-state index is 10.9. The van der Waals surface area contributed by atoms with Crippen molar-refractivity contribution in [3.8, 4) is 11.4 Å². The number of hydrogen-bond acceptors (Lipinski definition) is 7. The number of non-ortho nitro benzene ring substituents is 1. The standard InChI is InChI=1S/C17H24N4O4/c1-4-6-14(22)10-18-15(11(2)3)17-19-16(20-25-17)12-7-5-8-13(9-12)21(23)24/h5,7-9,11,14-15,18,22H,4,6,10H2,1-3H3/t14-,15-/m0/s1. The van der Waals surface area contributed by atoms with Crippen LogP contribution in [0.5, 0.6) is 0 Å². The molecule has 8 nitrogen and oxygen atoms in total. The number of nitro benzene ring substituents is 1. The van der Waals surface area contributed by atoms with Crippen LogP contribution in [0.1, 0.15) is 45.5 Å². The fourth-order valence-corrected chi connectivity index (χ4v) is 2.54. The van der Waals surface area contributed by atoms with Crippen LogP contribution in [0.4, 0.5) is 5.69 Å². The molecular weight excluding hydrogens is 324 g/mol. The largest absolute Gasteiger partial charge is 0.392 e. The molecule has 2 atom stereocenters. The van der Waals surface area contributed by atoms with Gasteiger partial charge in [0.2, 0.25) is 11.7 Å². The molecule has 0 radical (unpaired) electrons. The highest BCUT2D eigenvalue weighted by Crippen LogP contribution is 2.25. The van der Waals surface area contributed by atoms with E-state index in [0.29, 0.717) is 23.8 Å². The van der Waals surface area contributed by atoms with Crippen molar-refractivity contribution in [1.82, 2.24) is 15.5 Å². The molecule has 2 N–H and O–H groups in total. The summed E-state index contributed by atoms with van der Waals surface area (Å²) < 4.78 is 5.36. The van der Waals surface area contributed by atoms with E-state index >= 15 is 0 Å². The van der Waals surface area contributed by atoms with Gasteiger partial charge in [-0.25, -0.2) is 0 Å². The van der Waals surface area contributed by atoms with Crippen LogP contribution in [0.25, 0.3) is 11.4 Å². The maximum absolute atomic E-state index is 10.9. The lowest BCUT2D eigenvalue weighted by Crippen LogP contribution is -2.33. The number of aliphatic hydroxyl groups excluding tert-OH is 1. The highest BCUT2D eigenvalue weighted by atomic mass is 16.6. The molecule has 0 saturated heterocycles. The number of nitro groups is 1. The molecule has 0 aliphatic rings. The zero-order valence-corrected chi connectivity index (χ0v) is 14.7. The highest BCUT2D eigenvalue weighted by Gasteiger charge is 2.23. The van der Waals surface area contributed by atoms with Gasteiger partial charge in [-0.05, 0) is 12.3 Å². The number of benzene rings is 1. The topological polar surface area (TPSA) is 114 Å². The van der Waals surface area contributed by atoms with Gasteiger partial charge in [0.15, 0.2) is 0 Å². The zero-order chi connectivity index (χ0) is 18.4. The first kappa shape index (κ1) is 19.0. The third kappa shape index (κ3) is 5.07. The molecule has 1 heterocycles. The lowest BCUT2D eigenvalue weighted by molar-refractivity contribution is -0.384. The van der Waals surface area contributed by atoms with Crippen molar-refractivity contribution >= 4 is 5.69 Å². The van der Waals surface area contributed by atoms with E-state index in [9.17, 15) is 15.2 Å². The van der Waals surface area contributed by atoms with E-state index in [-0.39, 0.29) is 17.6 Å². The van der Waals surface area contributed by atoms with Crippen molar-refractivity contribution in [2.45, 2.75) is 45.8 Å². The van der Waals surface area contributed by atoms with Gasteiger partial charge < -0.3 is 14.9 Å². The Balaban J connectivity index is 2.16. The van der Waals surface area contributed by atoms with Crippen molar-refractivity contribution in [2.24, 2.45) is 5.92 Å². The molecule has 8 heteroatoms. The first-order valence-corrected chi connectivity index (χ1v) is 8.42. The van der Waals surface area contributed by atoms with E-state index in [2.05, 4.69) is 15.5 Å². The molecule has 1 aromatic carbocycles. The Bertz CT molecular complexity index is 701. The maximum Gasteiger partial charge on any atom is 0.270 e. The van der Waals surface area contributed by atoms with Crippen molar-refractivity contribution < 1.29 is 14.6 Å². The lowest BCUT2D eigenvalue weighted by Gasteiger charge is -2.20. The number of nitrogens with zero attached hydrogens (tertiary/aromatic N) is 3. The van der Waals surface area contributed by atoms with Crippen LogP contribution < -0.4 is 5.32 Å². The van der Waals surface area contributed by atoms with Gasteiger partial charge >= 0.3 is 0 Å². The monoisotopic (exact) mass is 348 g/mol. The van der Waals surface area contributed by atoms with Crippen LogP contribution in [-0.4, -0.2) is 32.8 Å². The first-order chi connectivity index (χ1) is 11.9. The van der Waals surface area contributed by atoms with E-state index in [1.807, 2.05) is 20.8 Å². The third-order valence-corrected chi connectivity index (χ3v) is 3.88. The fourth-order valence-electron chi connectivity index (χ4n) is 2.54. The lowest BCUT2D eigenvalue weighted by atomic mass is 10.0. The molecule has 0 unspecified atom stereocenters. The molecule has 0 spiro atoms. The minimum absolute atomic E-state index is 0.0231. The summed E-state index contributed by atoms with van der Waals surface area (Å²) in [5, 5.41) is 28.0. The summed E-state index contributed by atoms with van der Waals surface area (Å²) in [7, 11) is 0. The average molecular weight is 348 g/mol. The summed E-state index contributed by atoms with van der Waals surface area (Å²) in [6, 6.07) is 5.91. The van der Waals surface area contributed by atoms with E-state index in [1.165, 1.54) is 12.1 Å². The van der Waals surface area contributed by atoms with Gasteiger partial charge in [0.25, 0.3) is 5.69 Å². The van der Waals surface area contributed by atoms with Crippen LogP contribution in [0.2, 0.25) is 0 Å². The second-order valence-corrected chi connectivity index (χ2v) is 6.34. The summed E-state index contributed by atoms with van der Waals surface area (Å²) in [5.41, 5.74) is 0.503. The Kier molecular flexibility index (Phi) is 6.60. The number of aliphatic hydroxyl groups is 1. The van der Waals surface area contributed by atoms with E-state index in [0.717, 1.165) is 12.8 Å². The molecule has 0 saturated carbocycles. The van der Waals surface area contributed by atoms with Gasteiger partial charge in [0, 0.05) is 24.2 Å². The average Bonchev–Trinajstić information content (AvgIpc) is 3.05. The molecule has 0 amide bonds. The number of rotatable bonds is 9. The summed E-state index contributed by atoms with van der Waals surface area (Å²) in [4.78, 5) is 14.8. The fraction of sp³-hybridized carbons (Fsp3) is 0.529. The smallest absolute Gasteiger partial charge is 0.270 e. The molecule has 0 bridgehead atoms. The number of hydrogen-bond donors (Lipinski definition) is 2. The van der Waals surface area contributed by atoms with Gasteiger partial charge in [-0.3, -0.25) is 10.1 Å². The van der Waals surface area contributed by atoms with Crippen LogP contribution in [0.15, 0.2) is 28.8 Å². The predicted molar refractivity (Wildman–Crippen MR) is 92.9 cm³/mol. The Morgan fingerprint density at radius 3 is 2.80 bits per heavy atom. The van der Waals surface area contributed by atoms with Crippen molar-refractivity contribution in [3.05, 3.63) is 40.3 Å². The van der Waals surface area contributed by atoms with Crippen molar-refractivity contribution in [1.29, 1.82) is 0 Å². The van der Waals surface area contributed by atoms with Gasteiger partial charge in [0.05, 0.1) is 17.1 Å². The molecule has 2 rings (SSSR count). The Morgan fingerprint density at radius 2 is 2.16 bits per heavy atom. The highest BCUT2D eigenvalue weighted by molar-refractivity contribution is 5.58. The van der Waals surface area contributed by atoms with Crippen LogP contribution in [0.3, 0.4) is 0 Å². The second kappa shape index (κ2) is 8.68. The van der Waals surface area contributed by atoms with Crippen LogP contribution in [0, 0.1) is 16.0 Å². The second-order valence-electron chi connectivity index (χ2n) is 6.34. The number of aromatic nitrogens is 2. The molecule has 136 valence electrons. The first-order valence-electron chi connectivity index (χ1n) is 8.42. The molecule has 25 heavy (non-hydrogen) atoms. The van der Waals surface area contributed by atoms with Gasteiger partial charge in [-0.15, -0.1) is 0 Å². The minimum atomic E-state index is -0.460. The molecule has 2 aromatic rings. The number of nitrogens with one attached hydrogen (secondary N) is 1. The Morgan fingerprint density at radius 1 is 1.40 bits per heavy atom. The Hall–Kier alpha value is -2.32. The summed E-state index contributed by atoms with van der Waals surface area (Å²) in [6.07, 6.45) is 1.21. The predicted octanol–water partition coefficient (Wildman–Crippen LogP) is 3.09. The van der Waals surface area contributed by atoms with E-state index in [1.54, 1.807) is 12.1 Å². The van der Waals surface area contributed by atoms with Crippen molar-refractivity contribution in [3.63, 3.8) is 0 Å². The van der Waals surface area contributed by atoms with Crippen LogP contribution in [-0.2, 0) is 0 Å². The minimum Gasteiger partial charge on any atom is -0.392 e. The molecule has 1 aromatic heterocycles. The normalized spacial score (nSPS) is 13.8. The van der Waals surface area contributed by atoms with E-state index < -0.39 is 11.0 Å². The summed E-state index contributed by atoms with van der Waals surface area (Å²) >= 11 is 0. The summed E-state index contributed by atoms with van der Waals surface area (Å²) in [5.74, 6) is 0.882. The van der Waals surface area contributed by atoms with Crippen molar-refractivity contribution in [2.75, 3.05) is 6.54 Å². The SMILES string of the molecule is CCC[C@H](O)CN[C@H](c1nc(-c2cccc([N+](=O)[O-])c2)no1)C(C)C. The van der Waals surface area contributed by atoms with Gasteiger partial charge in [-0.1, -0.05) is 44.5 Å². The molecule has 0 fully saturated rings. The van der Waals surface area contributed by atoms with Gasteiger partial charge in [0.1, 0.15) is 0 Å².